The van der Waals surface area contributed by atoms with Crippen LogP contribution < -0.4 is 4.74 Å². The summed E-state index contributed by atoms with van der Waals surface area (Å²) in [6.07, 6.45) is -0.0941. The first kappa shape index (κ1) is 13.3. The van der Waals surface area contributed by atoms with Crippen LogP contribution in [0.5, 0.6) is 5.75 Å². The van der Waals surface area contributed by atoms with Gasteiger partial charge in [0.15, 0.2) is 0 Å². The van der Waals surface area contributed by atoms with E-state index in [1.807, 2.05) is 38.1 Å². The third-order valence-corrected chi connectivity index (χ3v) is 2.79. The van der Waals surface area contributed by atoms with Gasteiger partial charge >= 0.3 is 0 Å². The van der Waals surface area contributed by atoms with E-state index in [1.165, 1.54) is 0 Å². The maximum absolute atomic E-state index is 6.11. The molecule has 1 unspecified atom stereocenters. The molecule has 0 amide bonds. The highest BCUT2D eigenvalue weighted by Crippen LogP contribution is 2.32. The fourth-order valence-electron chi connectivity index (χ4n) is 1.71. The summed E-state index contributed by atoms with van der Waals surface area (Å²) in [6, 6.07) is 3.82. The quantitative estimate of drug-likeness (QED) is 0.759. The number of nitrogens with zero attached hydrogens (tertiary/aromatic N) is 1. The third kappa shape index (κ3) is 2.67. The Bertz CT molecular complexity index is 366. The van der Waals surface area contributed by atoms with E-state index >= 15 is 0 Å². The Morgan fingerprint density at radius 3 is 2.31 bits per heavy atom. The highest BCUT2D eigenvalue weighted by Gasteiger charge is 2.17. The molecule has 0 spiro atoms. The highest BCUT2D eigenvalue weighted by molar-refractivity contribution is 6.32. The topological polar surface area (TPSA) is 21.7 Å². The van der Waals surface area contributed by atoms with E-state index < -0.39 is 0 Å². The van der Waals surface area contributed by atoms with Crippen molar-refractivity contribution in [3.8, 4) is 5.75 Å². The number of methoxy groups -OCH3 is 2. The van der Waals surface area contributed by atoms with Crippen LogP contribution in [0.15, 0.2) is 12.1 Å². The average Bonchev–Trinajstić information content (AvgIpc) is 2.23. The lowest BCUT2D eigenvalue weighted by molar-refractivity contribution is -0.00586. The molecule has 0 bridgehead atoms. The molecule has 0 fully saturated rings. The second-order valence-corrected chi connectivity index (χ2v) is 4.30. The molecular weight excluding hydrogens is 226 g/mol. The van der Waals surface area contributed by atoms with Crippen LogP contribution in [-0.4, -0.2) is 33.2 Å². The largest absolute Gasteiger partial charge is 0.495 e. The molecule has 0 saturated heterocycles. The molecule has 90 valence electrons. The van der Waals surface area contributed by atoms with E-state index in [0.29, 0.717) is 10.8 Å². The van der Waals surface area contributed by atoms with Gasteiger partial charge in [-0.1, -0.05) is 11.6 Å². The van der Waals surface area contributed by atoms with Crippen molar-refractivity contribution >= 4 is 11.6 Å². The lowest BCUT2D eigenvalue weighted by atomic mass is 10.1. The van der Waals surface area contributed by atoms with Gasteiger partial charge in [0.25, 0.3) is 0 Å². The summed E-state index contributed by atoms with van der Waals surface area (Å²) in [4.78, 5) is 1.99. The molecule has 0 aliphatic carbocycles. The smallest absolute Gasteiger partial charge is 0.137 e. The van der Waals surface area contributed by atoms with E-state index in [0.717, 1.165) is 11.1 Å². The van der Waals surface area contributed by atoms with Gasteiger partial charge in [0, 0.05) is 12.7 Å². The first-order chi connectivity index (χ1) is 7.51. The molecule has 0 radical (unpaired) electrons. The molecule has 1 atom stereocenters. The molecule has 4 heteroatoms. The summed E-state index contributed by atoms with van der Waals surface area (Å²) in [5, 5.41) is 0.604. The predicted octanol–water partition coefficient (Wildman–Crippen LogP) is 2.86. The summed E-state index contributed by atoms with van der Waals surface area (Å²) in [5.74, 6) is 0.691. The molecular formula is C12H18ClNO2. The van der Waals surface area contributed by atoms with E-state index in [4.69, 9.17) is 21.1 Å². The van der Waals surface area contributed by atoms with Crippen molar-refractivity contribution in [1.82, 2.24) is 4.90 Å². The van der Waals surface area contributed by atoms with Gasteiger partial charge in [-0.2, -0.15) is 0 Å². The Morgan fingerprint density at radius 2 is 1.88 bits per heavy atom. The summed E-state index contributed by atoms with van der Waals surface area (Å²) in [5.41, 5.74) is 2.15. The van der Waals surface area contributed by atoms with Crippen LogP contribution in [0.4, 0.5) is 0 Å². The summed E-state index contributed by atoms with van der Waals surface area (Å²) >= 11 is 6.11. The van der Waals surface area contributed by atoms with E-state index in [-0.39, 0.29) is 6.23 Å². The number of ether oxygens (including phenoxy) is 2. The van der Waals surface area contributed by atoms with E-state index in [9.17, 15) is 0 Å². The summed E-state index contributed by atoms with van der Waals surface area (Å²) < 4.78 is 10.6. The SMILES string of the molecule is COc1cc(C)c(C(OC)N(C)C)cc1Cl. The zero-order valence-electron chi connectivity index (χ0n) is 10.4. The number of rotatable bonds is 4. The van der Waals surface area contributed by atoms with Crippen LogP contribution in [-0.2, 0) is 4.74 Å². The zero-order chi connectivity index (χ0) is 12.3. The van der Waals surface area contributed by atoms with Crippen molar-refractivity contribution in [2.24, 2.45) is 0 Å². The van der Waals surface area contributed by atoms with Gasteiger partial charge in [0.2, 0.25) is 0 Å². The third-order valence-electron chi connectivity index (χ3n) is 2.50. The lowest BCUT2D eigenvalue weighted by Gasteiger charge is -2.25. The van der Waals surface area contributed by atoms with Gasteiger partial charge in [-0.05, 0) is 38.7 Å². The van der Waals surface area contributed by atoms with Crippen molar-refractivity contribution in [3.05, 3.63) is 28.3 Å². The molecule has 0 aliphatic heterocycles. The molecule has 0 heterocycles. The van der Waals surface area contributed by atoms with Crippen molar-refractivity contribution in [2.75, 3.05) is 28.3 Å². The maximum atomic E-state index is 6.11. The molecule has 3 nitrogen and oxygen atoms in total. The molecule has 1 aromatic carbocycles. The fraction of sp³-hybridized carbons (Fsp3) is 0.500. The van der Waals surface area contributed by atoms with Crippen molar-refractivity contribution in [2.45, 2.75) is 13.2 Å². The Balaban J connectivity index is 3.18. The average molecular weight is 244 g/mol. The van der Waals surface area contributed by atoms with Gasteiger partial charge in [-0.25, -0.2) is 0 Å². The van der Waals surface area contributed by atoms with Crippen molar-refractivity contribution < 1.29 is 9.47 Å². The molecule has 0 aliphatic rings. The first-order valence-electron chi connectivity index (χ1n) is 5.04. The van der Waals surface area contributed by atoms with Gasteiger partial charge in [-0.15, -0.1) is 0 Å². The van der Waals surface area contributed by atoms with Crippen LogP contribution in [0, 0.1) is 6.92 Å². The first-order valence-corrected chi connectivity index (χ1v) is 5.42. The molecule has 0 aromatic heterocycles. The second-order valence-electron chi connectivity index (χ2n) is 3.90. The highest BCUT2D eigenvalue weighted by atomic mass is 35.5. The second kappa shape index (κ2) is 5.53. The Hall–Kier alpha value is -0.770. The van der Waals surface area contributed by atoms with Gasteiger partial charge < -0.3 is 9.47 Å². The Labute approximate surface area is 102 Å². The van der Waals surface area contributed by atoms with Crippen molar-refractivity contribution in [3.63, 3.8) is 0 Å². The van der Waals surface area contributed by atoms with Crippen molar-refractivity contribution in [1.29, 1.82) is 0 Å². The molecule has 1 rings (SSSR count). The summed E-state index contributed by atoms with van der Waals surface area (Å²) in [6.45, 7) is 2.02. The molecule has 1 aromatic rings. The molecule has 16 heavy (non-hydrogen) atoms. The van der Waals surface area contributed by atoms with E-state index in [2.05, 4.69) is 0 Å². The van der Waals surface area contributed by atoms with Crippen LogP contribution >= 0.6 is 11.6 Å². The lowest BCUT2D eigenvalue weighted by Crippen LogP contribution is -2.22. The minimum Gasteiger partial charge on any atom is -0.495 e. The number of hydrogen-bond donors (Lipinski definition) is 0. The minimum absolute atomic E-state index is 0.0941. The van der Waals surface area contributed by atoms with E-state index in [1.54, 1.807) is 14.2 Å². The van der Waals surface area contributed by atoms with Crippen LogP contribution in [0.1, 0.15) is 17.4 Å². The van der Waals surface area contributed by atoms with Crippen LogP contribution in [0.3, 0.4) is 0 Å². The zero-order valence-corrected chi connectivity index (χ0v) is 11.1. The normalized spacial score (nSPS) is 12.9. The van der Waals surface area contributed by atoms with Crippen LogP contribution in [0.25, 0.3) is 0 Å². The molecule has 0 saturated carbocycles. The standard InChI is InChI=1S/C12H18ClNO2/c1-8-6-11(15-4)10(13)7-9(8)12(16-5)14(2)3/h6-7,12H,1-5H3. The number of benzene rings is 1. The number of halogens is 1. The van der Waals surface area contributed by atoms with Crippen LogP contribution in [0.2, 0.25) is 5.02 Å². The van der Waals surface area contributed by atoms with Gasteiger partial charge in [-0.3, -0.25) is 4.90 Å². The molecule has 0 N–H and O–H groups in total. The summed E-state index contributed by atoms with van der Waals surface area (Å²) in [7, 11) is 7.22. The van der Waals surface area contributed by atoms with Gasteiger partial charge in [0.1, 0.15) is 12.0 Å². The number of aryl methyl sites for hydroxylation is 1. The number of hydrogen-bond acceptors (Lipinski definition) is 3. The predicted molar refractivity (Wildman–Crippen MR) is 66.2 cm³/mol. The fourth-order valence-corrected chi connectivity index (χ4v) is 1.96. The minimum atomic E-state index is -0.0941. The Kier molecular flexibility index (Phi) is 4.59. The van der Waals surface area contributed by atoms with Gasteiger partial charge in [0.05, 0.1) is 12.1 Å². The maximum Gasteiger partial charge on any atom is 0.137 e. The Morgan fingerprint density at radius 1 is 1.25 bits per heavy atom. The monoisotopic (exact) mass is 243 g/mol.